The minimum absolute atomic E-state index is 0.00702. The standard InChI is InChI=1S/C26H26ClN5O4/c27-22-14-19(20-16-30-25(31-17-20)26(34)32-9-12-35-13-10-32)5-7-23(22)36-11-1-2-21(33)6-3-18-4-8-24(28)29-15-18/h3-8,14-17H,1-2,9-13H2,(H2,28,29)/b6-3+. The van der Waals surface area contributed by atoms with Crippen molar-refractivity contribution >= 4 is 35.2 Å². The number of benzene rings is 1. The molecule has 0 unspecified atom stereocenters. The van der Waals surface area contributed by atoms with Crippen molar-refractivity contribution < 1.29 is 19.1 Å². The van der Waals surface area contributed by atoms with Crippen LogP contribution in [-0.2, 0) is 9.53 Å². The zero-order chi connectivity index (χ0) is 25.3. The van der Waals surface area contributed by atoms with Gasteiger partial charge >= 0.3 is 0 Å². The van der Waals surface area contributed by atoms with Crippen LogP contribution < -0.4 is 10.5 Å². The monoisotopic (exact) mass is 507 g/mol. The van der Waals surface area contributed by atoms with Gasteiger partial charge in [0.2, 0.25) is 5.82 Å². The number of amides is 1. The molecule has 0 spiro atoms. The minimum Gasteiger partial charge on any atom is -0.492 e. The van der Waals surface area contributed by atoms with Crippen molar-refractivity contribution in [2.24, 2.45) is 0 Å². The lowest BCUT2D eigenvalue weighted by Crippen LogP contribution is -2.41. The smallest absolute Gasteiger partial charge is 0.291 e. The normalized spacial score (nSPS) is 13.6. The highest BCUT2D eigenvalue weighted by Gasteiger charge is 2.20. The van der Waals surface area contributed by atoms with Crippen LogP contribution in [0.25, 0.3) is 17.2 Å². The van der Waals surface area contributed by atoms with E-state index in [2.05, 4.69) is 15.0 Å². The van der Waals surface area contributed by atoms with Crippen molar-refractivity contribution in [3.05, 3.63) is 71.4 Å². The van der Waals surface area contributed by atoms with Gasteiger partial charge < -0.3 is 20.1 Å². The van der Waals surface area contributed by atoms with E-state index in [0.29, 0.717) is 62.3 Å². The first-order chi connectivity index (χ1) is 17.5. The molecule has 0 aliphatic carbocycles. The van der Waals surface area contributed by atoms with Crippen molar-refractivity contribution in [1.82, 2.24) is 19.9 Å². The Kier molecular flexibility index (Phi) is 8.59. The molecule has 0 bridgehead atoms. The van der Waals surface area contributed by atoms with Gasteiger partial charge in [0.25, 0.3) is 5.91 Å². The van der Waals surface area contributed by atoms with Crippen LogP contribution in [0.3, 0.4) is 0 Å². The fourth-order valence-electron chi connectivity index (χ4n) is 3.51. The van der Waals surface area contributed by atoms with Gasteiger partial charge in [-0.2, -0.15) is 0 Å². The van der Waals surface area contributed by atoms with E-state index in [1.54, 1.807) is 53.8 Å². The minimum atomic E-state index is -0.206. The van der Waals surface area contributed by atoms with Gasteiger partial charge in [0, 0.05) is 43.7 Å². The second kappa shape index (κ2) is 12.2. The van der Waals surface area contributed by atoms with Crippen LogP contribution in [0.4, 0.5) is 5.82 Å². The van der Waals surface area contributed by atoms with Crippen LogP contribution in [0, 0.1) is 0 Å². The first-order valence-electron chi connectivity index (χ1n) is 11.5. The number of nitrogens with two attached hydrogens (primary N) is 1. The van der Waals surface area contributed by atoms with Crippen LogP contribution in [0.15, 0.2) is 55.0 Å². The van der Waals surface area contributed by atoms with Gasteiger partial charge in [-0.05, 0) is 54.0 Å². The maximum atomic E-state index is 12.5. The Morgan fingerprint density at radius 3 is 2.53 bits per heavy atom. The molecular formula is C26H26ClN5O4. The van der Waals surface area contributed by atoms with E-state index >= 15 is 0 Å². The van der Waals surface area contributed by atoms with E-state index in [9.17, 15) is 9.59 Å². The molecule has 0 atom stereocenters. The number of hydrogen-bond acceptors (Lipinski definition) is 8. The number of aromatic nitrogens is 3. The van der Waals surface area contributed by atoms with Crippen LogP contribution in [-0.4, -0.2) is 64.5 Å². The summed E-state index contributed by atoms with van der Waals surface area (Å²) in [5, 5.41) is 0.433. The third-order valence-corrected chi connectivity index (χ3v) is 5.80. The van der Waals surface area contributed by atoms with E-state index in [4.69, 9.17) is 26.8 Å². The molecule has 1 saturated heterocycles. The zero-order valence-corrected chi connectivity index (χ0v) is 20.4. The van der Waals surface area contributed by atoms with Crippen molar-refractivity contribution in [2.75, 3.05) is 38.6 Å². The quantitative estimate of drug-likeness (QED) is 0.344. The summed E-state index contributed by atoms with van der Waals surface area (Å²) < 4.78 is 11.0. The maximum Gasteiger partial charge on any atom is 0.291 e. The number of halogens is 1. The fourth-order valence-corrected chi connectivity index (χ4v) is 3.74. The Bertz CT molecular complexity index is 1230. The molecule has 186 valence electrons. The second-order valence-electron chi connectivity index (χ2n) is 8.11. The average molecular weight is 508 g/mol. The van der Waals surface area contributed by atoms with Gasteiger partial charge in [-0.15, -0.1) is 0 Å². The summed E-state index contributed by atoms with van der Waals surface area (Å²) in [6.45, 7) is 2.46. The number of rotatable bonds is 9. The zero-order valence-electron chi connectivity index (χ0n) is 19.6. The van der Waals surface area contributed by atoms with Crippen molar-refractivity contribution in [2.45, 2.75) is 12.8 Å². The lowest BCUT2D eigenvalue weighted by Gasteiger charge is -2.25. The van der Waals surface area contributed by atoms with Crippen LogP contribution in [0.2, 0.25) is 5.02 Å². The molecule has 0 saturated carbocycles. The van der Waals surface area contributed by atoms with Crippen molar-refractivity contribution in [1.29, 1.82) is 0 Å². The summed E-state index contributed by atoms with van der Waals surface area (Å²) in [6, 6.07) is 8.85. The van der Waals surface area contributed by atoms with Crippen molar-refractivity contribution in [3.63, 3.8) is 0 Å². The Morgan fingerprint density at radius 1 is 1.06 bits per heavy atom. The molecule has 36 heavy (non-hydrogen) atoms. The summed E-state index contributed by atoms with van der Waals surface area (Å²) in [5.41, 5.74) is 7.89. The molecule has 2 N–H and O–H groups in total. The first-order valence-corrected chi connectivity index (χ1v) is 11.9. The molecule has 9 nitrogen and oxygen atoms in total. The number of nitrogens with zero attached hydrogens (tertiary/aromatic N) is 4. The van der Waals surface area contributed by atoms with E-state index < -0.39 is 0 Å². The molecule has 2 aromatic heterocycles. The summed E-state index contributed by atoms with van der Waals surface area (Å²) in [7, 11) is 0. The Morgan fingerprint density at radius 2 is 1.83 bits per heavy atom. The van der Waals surface area contributed by atoms with Gasteiger partial charge in [-0.3, -0.25) is 9.59 Å². The van der Waals surface area contributed by atoms with Gasteiger partial charge in [-0.1, -0.05) is 17.7 Å². The second-order valence-corrected chi connectivity index (χ2v) is 8.52. The number of carbonyl (C=O) groups excluding carboxylic acids is 2. The molecule has 10 heteroatoms. The van der Waals surface area contributed by atoms with Crippen LogP contribution in [0.1, 0.15) is 29.0 Å². The lowest BCUT2D eigenvalue weighted by atomic mass is 10.1. The average Bonchev–Trinajstić information content (AvgIpc) is 2.91. The number of nitrogen functional groups attached to an aromatic ring is 1. The number of allylic oxidation sites excluding steroid dienone is 1. The Hall–Kier alpha value is -3.82. The molecule has 1 aromatic carbocycles. The molecule has 1 aliphatic heterocycles. The molecule has 1 aliphatic rings. The number of ether oxygens (including phenoxy) is 2. The largest absolute Gasteiger partial charge is 0.492 e. The third-order valence-electron chi connectivity index (χ3n) is 5.50. The van der Waals surface area contributed by atoms with E-state index in [1.165, 1.54) is 6.08 Å². The lowest BCUT2D eigenvalue weighted by molar-refractivity contribution is -0.114. The van der Waals surface area contributed by atoms with Crippen molar-refractivity contribution in [3.8, 4) is 16.9 Å². The summed E-state index contributed by atoms with van der Waals surface area (Å²) in [5.74, 6) is 0.900. The summed E-state index contributed by atoms with van der Waals surface area (Å²) in [6.07, 6.45) is 8.95. The number of ketones is 1. The molecular weight excluding hydrogens is 482 g/mol. The molecule has 1 amide bonds. The van der Waals surface area contributed by atoms with E-state index in [1.807, 2.05) is 6.07 Å². The summed E-state index contributed by atoms with van der Waals surface area (Å²) >= 11 is 6.40. The highest BCUT2D eigenvalue weighted by atomic mass is 35.5. The first kappa shape index (κ1) is 25.3. The fraction of sp³-hybridized carbons (Fsp3) is 0.269. The van der Waals surface area contributed by atoms with Gasteiger partial charge in [0.1, 0.15) is 11.6 Å². The topological polar surface area (TPSA) is 121 Å². The Balaban J connectivity index is 1.26. The summed E-state index contributed by atoms with van der Waals surface area (Å²) in [4.78, 5) is 38.7. The number of pyridine rings is 1. The molecule has 1 fully saturated rings. The Labute approximate surface area is 213 Å². The third kappa shape index (κ3) is 6.87. The maximum absolute atomic E-state index is 12.5. The highest BCUT2D eigenvalue weighted by molar-refractivity contribution is 6.32. The number of anilines is 1. The number of hydrogen-bond donors (Lipinski definition) is 1. The van der Waals surface area contributed by atoms with Gasteiger partial charge in [0.05, 0.1) is 24.8 Å². The predicted octanol–water partition coefficient (Wildman–Crippen LogP) is 3.69. The highest BCUT2D eigenvalue weighted by Crippen LogP contribution is 2.30. The molecule has 4 rings (SSSR count). The SMILES string of the molecule is Nc1ccc(/C=C/C(=O)CCCOc2ccc(-c3cnc(C(=O)N4CCOCC4)nc3)cc2Cl)cn1. The predicted molar refractivity (Wildman–Crippen MR) is 137 cm³/mol. The van der Waals surface area contributed by atoms with Crippen LogP contribution >= 0.6 is 11.6 Å². The molecule has 3 aromatic rings. The van der Waals surface area contributed by atoms with E-state index in [-0.39, 0.29) is 17.5 Å². The molecule has 0 radical (unpaired) electrons. The number of carbonyl (C=O) groups is 2. The van der Waals surface area contributed by atoms with E-state index in [0.717, 1.165) is 16.7 Å². The number of morpholine rings is 1. The van der Waals surface area contributed by atoms with Gasteiger partial charge in [-0.25, -0.2) is 15.0 Å². The van der Waals surface area contributed by atoms with Crippen LogP contribution in [0.5, 0.6) is 5.75 Å². The van der Waals surface area contributed by atoms with Gasteiger partial charge in [0.15, 0.2) is 5.78 Å². The molecule has 3 heterocycles.